The number of hydrogen-bond donors (Lipinski definition) is 3. The van der Waals surface area contributed by atoms with Gasteiger partial charge in [0.05, 0.1) is 13.2 Å². The second-order valence-electron chi connectivity index (χ2n) is 7.32. The fourth-order valence-corrected chi connectivity index (χ4v) is 3.16. The molecule has 1 aliphatic rings. The first-order chi connectivity index (χ1) is 13.6. The van der Waals surface area contributed by atoms with Crippen molar-refractivity contribution in [2.75, 3.05) is 19.8 Å². The van der Waals surface area contributed by atoms with E-state index in [9.17, 15) is 14.7 Å². The van der Waals surface area contributed by atoms with Crippen LogP contribution in [-0.2, 0) is 25.5 Å². The maximum Gasteiger partial charge on any atom is 0.350 e. The van der Waals surface area contributed by atoms with Crippen molar-refractivity contribution < 1.29 is 28.9 Å². The Kier molecular flexibility index (Phi) is 6.94. The lowest BCUT2D eigenvalue weighted by Gasteiger charge is -2.35. The maximum atomic E-state index is 12.6. The molecule has 1 atom stereocenters. The van der Waals surface area contributed by atoms with Crippen molar-refractivity contribution in [2.45, 2.75) is 52.6 Å². The third kappa shape index (κ3) is 5.10. The van der Waals surface area contributed by atoms with Gasteiger partial charge < -0.3 is 30.8 Å². The second kappa shape index (κ2) is 9.02. The largest absolute Gasteiger partial charge is 0.507 e. The number of phenols is 1. The van der Waals surface area contributed by atoms with Crippen molar-refractivity contribution in [1.82, 2.24) is 0 Å². The van der Waals surface area contributed by atoms with Crippen LogP contribution in [0.2, 0.25) is 0 Å². The molecule has 1 aromatic carbocycles. The summed E-state index contributed by atoms with van der Waals surface area (Å²) in [6.07, 6.45) is 1.38. The lowest BCUT2D eigenvalue weighted by molar-refractivity contribution is -0.162. The van der Waals surface area contributed by atoms with E-state index in [-0.39, 0.29) is 31.5 Å². The molecule has 0 bridgehead atoms. The molecular weight excluding hydrogens is 378 g/mol. The summed E-state index contributed by atoms with van der Waals surface area (Å²) in [6.45, 7) is 7.16. The first-order valence-electron chi connectivity index (χ1n) is 9.45. The average molecular weight is 407 g/mol. The lowest BCUT2D eigenvalue weighted by atomic mass is 9.87. The number of nitrogens with zero attached hydrogens (tertiary/aromatic N) is 1. The van der Waals surface area contributed by atoms with Crippen LogP contribution in [0.3, 0.4) is 0 Å². The number of nitrogens with two attached hydrogens (primary N) is 2. The minimum absolute atomic E-state index is 0.0866. The molecule has 1 aromatic rings. The third-order valence-corrected chi connectivity index (χ3v) is 5.13. The Morgan fingerprint density at radius 3 is 2.45 bits per heavy atom. The van der Waals surface area contributed by atoms with E-state index in [0.717, 1.165) is 22.3 Å². The topological polar surface area (TPSA) is 146 Å². The molecule has 0 radical (unpaired) electrons. The van der Waals surface area contributed by atoms with E-state index in [1.165, 1.54) is 0 Å². The molecule has 0 fully saturated rings. The van der Waals surface area contributed by atoms with Crippen molar-refractivity contribution in [1.29, 1.82) is 0 Å². The van der Waals surface area contributed by atoms with Crippen molar-refractivity contribution in [3.05, 3.63) is 22.3 Å². The van der Waals surface area contributed by atoms with Gasteiger partial charge in [0.25, 0.3) is 0 Å². The van der Waals surface area contributed by atoms with Gasteiger partial charge in [-0.3, -0.25) is 4.79 Å². The number of carbonyl (C=O) groups excluding carboxylic acids is 2. The molecule has 1 unspecified atom stereocenters. The van der Waals surface area contributed by atoms with E-state index >= 15 is 0 Å². The third-order valence-electron chi connectivity index (χ3n) is 5.13. The molecule has 160 valence electrons. The molecule has 9 nitrogen and oxygen atoms in total. The van der Waals surface area contributed by atoms with Crippen LogP contribution in [0.25, 0.3) is 0 Å². The quantitative estimate of drug-likeness (QED) is 0.264. The van der Waals surface area contributed by atoms with E-state index in [1.807, 2.05) is 20.8 Å². The number of guanidine groups is 1. The van der Waals surface area contributed by atoms with Crippen molar-refractivity contribution in [3.63, 3.8) is 0 Å². The highest BCUT2D eigenvalue weighted by molar-refractivity contribution is 5.81. The number of carbonyl (C=O) groups is 2. The molecule has 29 heavy (non-hydrogen) atoms. The first-order valence-corrected chi connectivity index (χ1v) is 9.45. The van der Waals surface area contributed by atoms with Crippen molar-refractivity contribution >= 4 is 17.9 Å². The molecule has 1 heterocycles. The smallest absolute Gasteiger partial charge is 0.350 e. The summed E-state index contributed by atoms with van der Waals surface area (Å²) < 4.78 is 16.3. The lowest BCUT2D eigenvalue weighted by Crippen LogP contribution is -2.46. The van der Waals surface area contributed by atoms with Gasteiger partial charge in [0.1, 0.15) is 18.0 Å². The van der Waals surface area contributed by atoms with Gasteiger partial charge in [-0.25, -0.2) is 9.79 Å². The van der Waals surface area contributed by atoms with Crippen LogP contribution in [0.15, 0.2) is 4.99 Å². The highest BCUT2D eigenvalue weighted by atomic mass is 16.6. The fourth-order valence-electron chi connectivity index (χ4n) is 3.16. The summed E-state index contributed by atoms with van der Waals surface area (Å²) in [5.41, 5.74) is 12.4. The highest BCUT2D eigenvalue weighted by Crippen LogP contribution is 2.43. The van der Waals surface area contributed by atoms with Crippen molar-refractivity contribution in [2.24, 2.45) is 16.5 Å². The zero-order valence-electron chi connectivity index (χ0n) is 17.3. The number of benzene rings is 1. The minimum Gasteiger partial charge on any atom is -0.507 e. The van der Waals surface area contributed by atoms with E-state index in [1.54, 1.807) is 6.92 Å². The Morgan fingerprint density at radius 1 is 1.14 bits per heavy atom. The van der Waals surface area contributed by atoms with E-state index in [2.05, 4.69) is 4.99 Å². The molecule has 0 aliphatic carbocycles. The molecule has 9 heteroatoms. The Balaban J connectivity index is 1.89. The number of hydrogen-bond acceptors (Lipinski definition) is 7. The molecular formula is C20H29N3O6. The molecule has 0 aromatic heterocycles. The number of esters is 2. The Bertz CT molecular complexity index is 832. The van der Waals surface area contributed by atoms with Gasteiger partial charge in [-0.2, -0.15) is 0 Å². The monoisotopic (exact) mass is 407 g/mol. The Hall–Kier alpha value is -2.97. The number of fused-ring (bicyclic) bond motifs is 1. The van der Waals surface area contributed by atoms with Gasteiger partial charge in [0, 0.05) is 18.4 Å². The number of rotatable bonds is 7. The highest BCUT2D eigenvalue weighted by Gasteiger charge is 2.42. The number of aromatic hydroxyl groups is 1. The summed E-state index contributed by atoms with van der Waals surface area (Å²) in [6, 6.07) is 0. The van der Waals surface area contributed by atoms with Crippen molar-refractivity contribution in [3.8, 4) is 11.5 Å². The Morgan fingerprint density at radius 2 is 1.79 bits per heavy atom. The van der Waals surface area contributed by atoms with Crippen LogP contribution < -0.4 is 16.2 Å². The van der Waals surface area contributed by atoms with Gasteiger partial charge in [0.2, 0.25) is 5.60 Å². The average Bonchev–Trinajstić information content (AvgIpc) is 2.68. The van der Waals surface area contributed by atoms with Gasteiger partial charge in [0.15, 0.2) is 5.96 Å². The van der Waals surface area contributed by atoms with E-state index in [0.29, 0.717) is 25.0 Å². The van der Waals surface area contributed by atoms with Crippen LogP contribution >= 0.6 is 0 Å². The predicted octanol–water partition coefficient (Wildman–Crippen LogP) is 1.15. The van der Waals surface area contributed by atoms with Gasteiger partial charge >= 0.3 is 11.9 Å². The summed E-state index contributed by atoms with van der Waals surface area (Å²) in [7, 11) is 0. The van der Waals surface area contributed by atoms with Crippen LogP contribution in [0.1, 0.15) is 42.0 Å². The molecule has 2 rings (SSSR count). The number of aliphatic imine (C=N–C) groups is 1. The molecule has 0 saturated carbocycles. The van der Waals surface area contributed by atoms with Crippen LogP contribution in [-0.4, -0.2) is 48.4 Å². The summed E-state index contributed by atoms with van der Waals surface area (Å²) in [4.78, 5) is 27.5. The van der Waals surface area contributed by atoms with E-state index < -0.39 is 17.5 Å². The van der Waals surface area contributed by atoms with Gasteiger partial charge in [-0.1, -0.05) is 0 Å². The first kappa shape index (κ1) is 22.3. The SMILES string of the molecule is Cc1c(C)c2c(c(C)c1O)CCC(C)(C(=O)OCCCOC(=O)CN=C(N)N)O2. The molecule has 1 aliphatic heterocycles. The standard InChI is InChI=1S/C20H29N3O6/c1-11-12(2)17-14(13(3)16(11)25)6-7-20(4,29-17)18(26)28-9-5-8-27-15(24)10-23-19(21)22/h25H,5-10H2,1-4H3,(H4,21,22,23). The number of ether oxygens (including phenoxy) is 3. The predicted molar refractivity (Wildman–Crippen MR) is 107 cm³/mol. The maximum absolute atomic E-state index is 12.6. The molecule has 5 N–H and O–H groups in total. The fraction of sp³-hybridized carbons (Fsp3) is 0.550. The molecule has 0 amide bonds. The zero-order chi connectivity index (χ0) is 21.8. The minimum atomic E-state index is -1.11. The summed E-state index contributed by atoms with van der Waals surface area (Å²) >= 11 is 0. The zero-order valence-corrected chi connectivity index (χ0v) is 17.3. The van der Waals surface area contributed by atoms with Gasteiger partial charge in [-0.15, -0.1) is 0 Å². The summed E-state index contributed by atoms with van der Waals surface area (Å²) in [5, 5.41) is 10.2. The Labute approximate surface area is 170 Å². The normalized spacial score (nSPS) is 17.7. The number of phenolic OH excluding ortho intramolecular Hbond substituents is 1. The molecule has 0 spiro atoms. The van der Waals surface area contributed by atoms with Crippen LogP contribution in [0.4, 0.5) is 0 Å². The van der Waals surface area contributed by atoms with Crippen LogP contribution in [0, 0.1) is 20.8 Å². The second-order valence-corrected chi connectivity index (χ2v) is 7.32. The van der Waals surface area contributed by atoms with Gasteiger partial charge in [-0.05, 0) is 50.8 Å². The summed E-state index contributed by atoms with van der Waals surface area (Å²) in [5.74, 6) is -0.317. The van der Waals surface area contributed by atoms with E-state index in [4.69, 9.17) is 25.7 Å². The molecule has 0 saturated heterocycles. The van der Waals surface area contributed by atoms with Crippen LogP contribution in [0.5, 0.6) is 11.5 Å².